The lowest BCUT2D eigenvalue weighted by Crippen LogP contribution is -3.10. The van der Waals surface area contributed by atoms with E-state index in [0.717, 1.165) is 26.2 Å². The summed E-state index contributed by atoms with van der Waals surface area (Å²) in [6, 6.07) is 0.701. The maximum absolute atomic E-state index is 11.4. The monoisotopic (exact) mass is 269 g/mol. The lowest BCUT2D eigenvalue weighted by molar-refractivity contribution is -0.859. The molecule has 0 aromatic rings. The van der Waals surface area contributed by atoms with Gasteiger partial charge < -0.3 is 9.64 Å². The summed E-state index contributed by atoms with van der Waals surface area (Å²) in [5.41, 5.74) is 0. The Labute approximate surface area is 116 Å². The van der Waals surface area contributed by atoms with Gasteiger partial charge in [0.1, 0.15) is 0 Å². The average Bonchev–Trinajstić information content (AvgIpc) is 2.41. The number of quaternary nitrogens is 1. The van der Waals surface area contributed by atoms with Crippen LogP contribution >= 0.6 is 0 Å². The van der Waals surface area contributed by atoms with Gasteiger partial charge in [0, 0.05) is 32.2 Å². The number of carbonyl (C=O) groups excluding carboxylic acids is 1. The summed E-state index contributed by atoms with van der Waals surface area (Å²) in [5, 5.41) is 0. The highest BCUT2D eigenvalue weighted by Crippen LogP contribution is 2.16. The summed E-state index contributed by atoms with van der Waals surface area (Å²) >= 11 is 0. The van der Waals surface area contributed by atoms with Crippen LogP contribution in [0, 0.1) is 7.05 Å². The highest BCUT2D eigenvalue weighted by molar-refractivity contribution is 5.71. The van der Waals surface area contributed by atoms with Gasteiger partial charge in [0.05, 0.1) is 26.2 Å². The predicted octanol–water partition coefficient (Wildman–Crippen LogP) is -0.994. The fraction of sp³-hybridized carbons (Fsp3) is 0.857. The van der Waals surface area contributed by atoms with Gasteiger partial charge in [-0.1, -0.05) is 0 Å². The number of nitrogens with one attached hydrogen (secondary N) is 1. The Morgan fingerprint density at radius 2 is 1.89 bits per heavy atom. The highest BCUT2D eigenvalue weighted by atomic mass is 16.5. The van der Waals surface area contributed by atoms with E-state index in [1.54, 1.807) is 0 Å². The van der Waals surface area contributed by atoms with E-state index in [1.165, 1.54) is 30.8 Å². The first-order chi connectivity index (χ1) is 9.19. The normalized spacial score (nSPS) is 24.5. The van der Waals surface area contributed by atoms with Crippen LogP contribution in [0.15, 0.2) is 0 Å². The van der Waals surface area contributed by atoms with E-state index in [9.17, 15) is 4.79 Å². The standard InChI is InChI=1S/C14H27N3O2/c1-3-19-14(18)12-16-6-4-13(5-7-16)17-10-8-15(2)9-11-17/h13,15H,2-12H2,1H3. The zero-order valence-electron chi connectivity index (χ0n) is 12.1. The first kappa shape index (κ1) is 14.8. The molecule has 0 saturated carbocycles. The Bertz CT molecular complexity index is 282. The van der Waals surface area contributed by atoms with Crippen LogP contribution in [0.2, 0.25) is 0 Å². The van der Waals surface area contributed by atoms with Crippen LogP contribution in [0.1, 0.15) is 19.8 Å². The number of piperidine rings is 1. The van der Waals surface area contributed by atoms with E-state index in [4.69, 9.17) is 4.74 Å². The zero-order chi connectivity index (χ0) is 13.7. The first-order valence-electron chi connectivity index (χ1n) is 7.47. The molecule has 0 aromatic carbocycles. The fourth-order valence-corrected chi connectivity index (χ4v) is 3.04. The molecule has 2 aliphatic heterocycles. The van der Waals surface area contributed by atoms with Gasteiger partial charge in [-0.15, -0.1) is 0 Å². The van der Waals surface area contributed by atoms with E-state index in [0.29, 0.717) is 19.2 Å². The number of ether oxygens (including phenoxy) is 1. The lowest BCUT2D eigenvalue weighted by atomic mass is 10.0. The van der Waals surface area contributed by atoms with Crippen molar-refractivity contribution in [3.8, 4) is 0 Å². The van der Waals surface area contributed by atoms with E-state index in [1.807, 2.05) is 6.92 Å². The maximum atomic E-state index is 11.4. The second-order valence-electron chi connectivity index (χ2n) is 5.60. The Morgan fingerprint density at radius 1 is 1.26 bits per heavy atom. The van der Waals surface area contributed by atoms with Gasteiger partial charge in [0.15, 0.2) is 0 Å². The summed E-state index contributed by atoms with van der Waals surface area (Å²) in [7, 11) is 4.07. The molecule has 19 heavy (non-hydrogen) atoms. The van der Waals surface area contributed by atoms with Crippen LogP contribution in [0.5, 0.6) is 0 Å². The van der Waals surface area contributed by atoms with Gasteiger partial charge >= 0.3 is 5.97 Å². The highest BCUT2D eigenvalue weighted by Gasteiger charge is 2.27. The molecule has 0 aromatic heterocycles. The number of rotatable bonds is 4. The van der Waals surface area contributed by atoms with Crippen molar-refractivity contribution in [2.75, 3.05) is 52.4 Å². The summed E-state index contributed by atoms with van der Waals surface area (Å²) in [6.07, 6.45) is 2.35. The van der Waals surface area contributed by atoms with Crippen LogP contribution < -0.4 is 4.90 Å². The number of carbonyl (C=O) groups is 1. The molecule has 0 bridgehead atoms. The third-order valence-electron chi connectivity index (χ3n) is 4.24. The molecular weight excluding hydrogens is 242 g/mol. The van der Waals surface area contributed by atoms with Crippen LogP contribution in [-0.4, -0.2) is 74.2 Å². The Balaban J connectivity index is 1.69. The lowest BCUT2D eigenvalue weighted by Gasteiger charge is -2.42. The summed E-state index contributed by atoms with van der Waals surface area (Å²) in [6.45, 7) is 9.47. The van der Waals surface area contributed by atoms with Crippen molar-refractivity contribution in [3.05, 3.63) is 7.05 Å². The predicted molar refractivity (Wildman–Crippen MR) is 73.7 cm³/mol. The molecule has 0 aliphatic carbocycles. The molecule has 0 atom stereocenters. The summed E-state index contributed by atoms with van der Waals surface area (Å²) in [4.78, 5) is 17.7. The average molecular weight is 269 g/mol. The molecule has 2 heterocycles. The van der Waals surface area contributed by atoms with Gasteiger partial charge in [-0.25, -0.2) is 0 Å². The van der Waals surface area contributed by atoms with Gasteiger partial charge in [-0.05, 0) is 19.8 Å². The number of esters is 1. The molecular formula is C14H27N3O2. The van der Waals surface area contributed by atoms with E-state index >= 15 is 0 Å². The van der Waals surface area contributed by atoms with Crippen molar-refractivity contribution in [1.29, 1.82) is 0 Å². The van der Waals surface area contributed by atoms with E-state index in [2.05, 4.69) is 16.8 Å². The third-order valence-corrected chi connectivity index (χ3v) is 4.24. The van der Waals surface area contributed by atoms with Crippen LogP contribution in [0.25, 0.3) is 0 Å². The molecule has 0 amide bonds. The fourth-order valence-electron chi connectivity index (χ4n) is 3.04. The van der Waals surface area contributed by atoms with Gasteiger partial charge in [-0.3, -0.25) is 14.6 Å². The molecule has 0 unspecified atom stereocenters. The number of hydrogen-bond acceptors (Lipinski definition) is 4. The second-order valence-corrected chi connectivity index (χ2v) is 5.60. The summed E-state index contributed by atoms with van der Waals surface area (Å²) in [5.74, 6) is -0.0878. The summed E-state index contributed by atoms with van der Waals surface area (Å²) < 4.78 is 5.00. The van der Waals surface area contributed by atoms with E-state index in [-0.39, 0.29) is 5.97 Å². The Morgan fingerprint density at radius 3 is 2.47 bits per heavy atom. The topological polar surface area (TPSA) is 37.2 Å². The molecule has 2 aliphatic rings. The van der Waals surface area contributed by atoms with Crippen LogP contribution in [-0.2, 0) is 9.53 Å². The molecule has 2 fully saturated rings. The molecule has 0 radical (unpaired) electrons. The van der Waals surface area contributed by atoms with Crippen LogP contribution in [0.3, 0.4) is 0 Å². The van der Waals surface area contributed by atoms with Crippen molar-refractivity contribution in [2.24, 2.45) is 0 Å². The Hall–Kier alpha value is -0.650. The van der Waals surface area contributed by atoms with Crippen molar-refractivity contribution in [1.82, 2.24) is 9.80 Å². The minimum atomic E-state index is -0.0878. The second kappa shape index (κ2) is 7.22. The van der Waals surface area contributed by atoms with E-state index < -0.39 is 0 Å². The van der Waals surface area contributed by atoms with Gasteiger partial charge in [0.2, 0.25) is 0 Å². The molecule has 2 saturated heterocycles. The molecule has 0 spiro atoms. The van der Waals surface area contributed by atoms with Crippen molar-refractivity contribution < 1.29 is 14.4 Å². The minimum Gasteiger partial charge on any atom is -0.466 e. The number of piperazine rings is 1. The molecule has 1 N–H and O–H groups in total. The van der Waals surface area contributed by atoms with Crippen molar-refractivity contribution >= 4 is 5.97 Å². The minimum absolute atomic E-state index is 0.0878. The maximum Gasteiger partial charge on any atom is 0.320 e. The largest absolute Gasteiger partial charge is 0.466 e. The molecule has 5 nitrogen and oxygen atoms in total. The van der Waals surface area contributed by atoms with Crippen molar-refractivity contribution in [3.63, 3.8) is 0 Å². The number of nitrogens with zero attached hydrogens (tertiary/aromatic N) is 2. The van der Waals surface area contributed by atoms with Crippen molar-refractivity contribution in [2.45, 2.75) is 25.8 Å². The van der Waals surface area contributed by atoms with Gasteiger partial charge in [-0.2, -0.15) is 7.05 Å². The SMILES string of the molecule is [CH2-][NH+]1CCN(C2CCN(CC(=O)OCC)CC2)CC1. The third kappa shape index (κ3) is 4.44. The molecule has 110 valence electrons. The smallest absolute Gasteiger partial charge is 0.320 e. The first-order valence-corrected chi connectivity index (χ1v) is 7.47. The number of hydrogen-bond donors (Lipinski definition) is 1. The number of likely N-dealkylation sites (tertiary alicyclic amines) is 1. The van der Waals surface area contributed by atoms with Gasteiger partial charge in [0.25, 0.3) is 0 Å². The zero-order valence-corrected chi connectivity index (χ0v) is 12.1. The molecule has 5 heteroatoms. The molecule has 2 rings (SSSR count). The quantitative estimate of drug-likeness (QED) is 0.525. The Kier molecular flexibility index (Phi) is 5.60. The van der Waals surface area contributed by atoms with Crippen LogP contribution in [0.4, 0.5) is 0 Å².